The van der Waals surface area contributed by atoms with Gasteiger partial charge in [-0.2, -0.15) is 13.2 Å². The van der Waals surface area contributed by atoms with Crippen LogP contribution in [0.25, 0.3) is 0 Å². The number of halogens is 3. The average molecular weight is 376 g/mol. The first-order valence-corrected chi connectivity index (χ1v) is 9.45. The van der Waals surface area contributed by atoms with E-state index in [1.807, 2.05) is 12.4 Å². The van der Waals surface area contributed by atoms with Crippen molar-refractivity contribution < 1.29 is 13.2 Å². The first-order chi connectivity index (χ1) is 11.4. The quantitative estimate of drug-likeness (QED) is 0.837. The van der Waals surface area contributed by atoms with Crippen molar-refractivity contribution in [3.05, 3.63) is 32.2 Å². The molecular formula is C15H19F3N4S2. The molecule has 3 heterocycles. The highest BCUT2D eigenvalue weighted by atomic mass is 32.1. The third kappa shape index (κ3) is 4.53. The Kier molecular flexibility index (Phi) is 5.53. The largest absolute Gasteiger partial charge is 0.427 e. The molecule has 0 radical (unpaired) electrons. The van der Waals surface area contributed by atoms with Gasteiger partial charge in [-0.1, -0.05) is 0 Å². The molecule has 24 heavy (non-hydrogen) atoms. The molecule has 0 spiro atoms. The molecule has 1 fully saturated rings. The highest BCUT2D eigenvalue weighted by molar-refractivity contribution is 7.11. The van der Waals surface area contributed by atoms with E-state index < -0.39 is 11.1 Å². The number of thiazole rings is 2. The fourth-order valence-electron chi connectivity index (χ4n) is 2.81. The standard InChI is InChI=1S/C15H19F3N4S2/c1-10-12(23-9-21-10)7-22(6-11-2-3-19-4-11)8-14-20-5-13(24-14)15(16,17)18/h5,9,11,19H,2-4,6-8H2,1H3. The number of nitrogens with zero attached hydrogens (tertiary/aromatic N) is 3. The Balaban J connectivity index is 1.71. The van der Waals surface area contributed by atoms with Gasteiger partial charge in [0.05, 0.1) is 23.9 Å². The predicted octanol–water partition coefficient (Wildman–Crippen LogP) is 3.54. The maximum absolute atomic E-state index is 12.8. The second-order valence-electron chi connectivity index (χ2n) is 6.01. The molecule has 1 aliphatic rings. The van der Waals surface area contributed by atoms with Crippen LogP contribution in [0.1, 0.15) is 26.9 Å². The molecule has 132 valence electrons. The summed E-state index contributed by atoms with van der Waals surface area (Å²) < 4.78 is 38.3. The number of nitrogens with one attached hydrogen (secondary N) is 1. The topological polar surface area (TPSA) is 41.1 Å². The normalized spacial score (nSPS) is 18.6. The first kappa shape index (κ1) is 17.8. The molecule has 1 aliphatic heterocycles. The van der Waals surface area contributed by atoms with E-state index in [1.165, 1.54) is 0 Å². The minimum atomic E-state index is -4.32. The van der Waals surface area contributed by atoms with Gasteiger partial charge >= 0.3 is 6.18 Å². The molecular weight excluding hydrogens is 357 g/mol. The second-order valence-corrected chi connectivity index (χ2v) is 8.06. The lowest BCUT2D eigenvalue weighted by Gasteiger charge is -2.24. The summed E-state index contributed by atoms with van der Waals surface area (Å²) in [5.74, 6) is 0.528. The van der Waals surface area contributed by atoms with E-state index in [4.69, 9.17) is 0 Å². The minimum absolute atomic E-state index is 0.439. The summed E-state index contributed by atoms with van der Waals surface area (Å²) in [5.41, 5.74) is 2.80. The SMILES string of the molecule is Cc1ncsc1CN(Cc1ncc(C(F)(F)F)s1)CC1CCNC1. The molecule has 1 N–H and O–H groups in total. The van der Waals surface area contributed by atoms with Gasteiger partial charge in [0, 0.05) is 18.0 Å². The van der Waals surface area contributed by atoms with E-state index in [2.05, 4.69) is 20.2 Å². The summed E-state index contributed by atoms with van der Waals surface area (Å²) >= 11 is 2.33. The van der Waals surface area contributed by atoms with Crippen LogP contribution in [-0.4, -0.2) is 34.5 Å². The van der Waals surface area contributed by atoms with Crippen LogP contribution in [0.15, 0.2) is 11.7 Å². The highest BCUT2D eigenvalue weighted by Gasteiger charge is 2.33. The fourth-order valence-corrected chi connectivity index (χ4v) is 4.45. The van der Waals surface area contributed by atoms with Crippen LogP contribution >= 0.6 is 22.7 Å². The number of alkyl halides is 3. The van der Waals surface area contributed by atoms with E-state index in [9.17, 15) is 13.2 Å². The molecule has 3 rings (SSSR count). The molecule has 1 unspecified atom stereocenters. The maximum atomic E-state index is 12.8. The molecule has 1 saturated heterocycles. The molecule has 0 bridgehead atoms. The van der Waals surface area contributed by atoms with E-state index in [0.717, 1.165) is 54.2 Å². The summed E-state index contributed by atoms with van der Waals surface area (Å²) in [4.78, 5) is 11.0. The molecule has 1 atom stereocenters. The summed E-state index contributed by atoms with van der Waals surface area (Å²) in [6, 6.07) is 0. The van der Waals surface area contributed by atoms with E-state index in [-0.39, 0.29) is 0 Å². The van der Waals surface area contributed by atoms with Crippen molar-refractivity contribution in [3.63, 3.8) is 0 Å². The smallest absolute Gasteiger partial charge is 0.316 e. The van der Waals surface area contributed by atoms with Crippen LogP contribution in [-0.2, 0) is 19.3 Å². The second kappa shape index (κ2) is 7.47. The number of hydrogen-bond donors (Lipinski definition) is 1. The van der Waals surface area contributed by atoms with Crippen LogP contribution in [0, 0.1) is 12.8 Å². The van der Waals surface area contributed by atoms with Crippen molar-refractivity contribution in [2.24, 2.45) is 5.92 Å². The predicted molar refractivity (Wildman–Crippen MR) is 89.1 cm³/mol. The number of rotatable bonds is 6. The van der Waals surface area contributed by atoms with Gasteiger partial charge in [-0.25, -0.2) is 9.97 Å². The Morgan fingerprint density at radius 2 is 2.17 bits per heavy atom. The molecule has 0 amide bonds. The van der Waals surface area contributed by atoms with Crippen molar-refractivity contribution in [2.75, 3.05) is 19.6 Å². The van der Waals surface area contributed by atoms with E-state index in [0.29, 0.717) is 24.0 Å². The Morgan fingerprint density at radius 3 is 2.75 bits per heavy atom. The zero-order valence-electron chi connectivity index (χ0n) is 13.3. The van der Waals surface area contributed by atoms with Crippen molar-refractivity contribution in [1.29, 1.82) is 0 Å². The van der Waals surface area contributed by atoms with Crippen molar-refractivity contribution in [1.82, 2.24) is 20.2 Å². The van der Waals surface area contributed by atoms with Crippen LogP contribution in [0.2, 0.25) is 0 Å². The minimum Gasteiger partial charge on any atom is -0.316 e. The Bertz CT molecular complexity index is 662. The Hall–Kier alpha value is -1.03. The zero-order valence-corrected chi connectivity index (χ0v) is 14.9. The Labute approximate surface area is 146 Å². The summed E-state index contributed by atoms with van der Waals surface area (Å²) in [7, 11) is 0. The fraction of sp³-hybridized carbons (Fsp3) is 0.600. The van der Waals surface area contributed by atoms with Gasteiger partial charge in [-0.3, -0.25) is 4.90 Å². The molecule has 0 aliphatic carbocycles. The molecule has 0 aromatic carbocycles. The first-order valence-electron chi connectivity index (χ1n) is 7.75. The molecule has 2 aromatic rings. The highest BCUT2D eigenvalue weighted by Crippen LogP contribution is 2.34. The average Bonchev–Trinajstić information content (AvgIpc) is 3.22. The van der Waals surface area contributed by atoms with Crippen molar-refractivity contribution in [3.8, 4) is 0 Å². The lowest BCUT2D eigenvalue weighted by molar-refractivity contribution is -0.134. The van der Waals surface area contributed by atoms with Crippen LogP contribution < -0.4 is 5.32 Å². The monoisotopic (exact) mass is 376 g/mol. The summed E-state index contributed by atoms with van der Waals surface area (Å²) in [6.45, 7) is 5.93. The third-order valence-electron chi connectivity index (χ3n) is 4.08. The van der Waals surface area contributed by atoms with Gasteiger partial charge in [-0.15, -0.1) is 22.7 Å². The van der Waals surface area contributed by atoms with Gasteiger partial charge in [0.15, 0.2) is 0 Å². The molecule has 9 heteroatoms. The third-order valence-corrected chi connectivity index (χ3v) is 6.03. The summed E-state index contributed by atoms with van der Waals surface area (Å²) in [6.07, 6.45) is -2.28. The Morgan fingerprint density at radius 1 is 1.33 bits per heavy atom. The van der Waals surface area contributed by atoms with E-state index >= 15 is 0 Å². The van der Waals surface area contributed by atoms with Crippen molar-refractivity contribution >= 4 is 22.7 Å². The number of aryl methyl sites for hydroxylation is 1. The molecule has 4 nitrogen and oxygen atoms in total. The van der Waals surface area contributed by atoms with Gasteiger partial charge in [0.2, 0.25) is 0 Å². The molecule has 0 saturated carbocycles. The van der Waals surface area contributed by atoms with Crippen LogP contribution in [0.3, 0.4) is 0 Å². The van der Waals surface area contributed by atoms with Crippen LogP contribution in [0.5, 0.6) is 0 Å². The summed E-state index contributed by atoms with van der Waals surface area (Å²) in [5, 5.41) is 3.85. The van der Waals surface area contributed by atoms with E-state index in [1.54, 1.807) is 11.3 Å². The van der Waals surface area contributed by atoms with Crippen molar-refractivity contribution in [2.45, 2.75) is 32.6 Å². The lowest BCUT2D eigenvalue weighted by Crippen LogP contribution is -2.29. The van der Waals surface area contributed by atoms with Crippen LogP contribution in [0.4, 0.5) is 13.2 Å². The van der Waals surface area contributed by atoms with Gasteiger partial charge in [0.25, 0.3) is 0 Å². The number of hydrogen-bond acceptors (Lipinski definition) is 6. The maximum Gasteiger partial charge on any atom is 0.427 e. The number of aromatic nitrogens is 2. The lowest BCUT2D eigenvalue weighted by atomic mass is 10.1. The zero-order chi connectivity index (χ0) is 17.2. The van der Waals surface area contributed by atoms with Gasteiger partial charge in [0.1, 0.15) is 9.88 Å². The molecule has 2 aromatic heterocycles. The van der Waals surface area contributed by atoms with Gasteiger partial charge < -0.3 is 5.32 Å². The van der Waals surface area contributed by atoms with Gasteiger partial charge in [-0.05, 0) is 32.4 Å².